The average molecular weight is 339 g/mol. The molecule has 0 amide bonds. The molecule has 4 N–H and O–H groups in total. The van der Waals surface area contributed by atoms with Crippen molar-refractivity contribution in [1.82, 2.24) is 4.98 Å². The Balaban J connectivity index is 1.99. The van der Waals surface area contributed by atoms with Crippen LogP contribution in [0.3, 0.4) is 0 Å². The number of benzene rings is 2. The minimum Gasteiger partial charge on any atom is -0.395 e. The van der Waals surface area contributed by atoms with E-state index in [1.54, 1.807) is 12.1 Å². The molecule has 3 rings (SSSR count). The second-order valence-electron chi connectivity index (χ2n) is 5.16. The fourth-order valence-corrected chi connectivity index (χ4v) is 3.20. The lowest BCUT2D eigenvalue weighted by Gasteiger charge is -2.07. The molecule has 1 aromatic heterocycles. The number of anilines is 2. The van der Waals surface area contributed by atoms with Crippen molar-refractivity contribution in [1.29, 1.82) is 0 Å². The van der Waals surface area contributed by atoms with Crippen LogP contribution in [0, 0.1) is 0 Å². The van der Waals surface area contributed by atoms with Gasteiger partial charge >= 0.3 is 0 Å². The molecular formula is C18H17N3O2S. The zero-order valence-corrected chi connectivity index (χ0v) is 13.7. The first-order valence-corrected chi connectivity index (χ1v) is 8.32. The molecule has 6 heteroatoms. The highest BCUT2D eigenvalue weighted by atomic mass is 32.1. The number of nitrogens with one attached hydrogen (secondary N) is 1. The number of carbonyl (C=O) groups is 1. The van der Waals surface area contributed by atoms with E-state index in [9.17, 15) is 4.79 Å². The highest BCUT2D eigenvalue weighted by Crippen LogP contribution is 2.32. The Bertz CT molecular complexity index is 846. The fraction of sp³-hybridized carbons (Fsp3) is 0.111. The number of rotatable bonds is 6. The molecule has 1 heterocycles. The van der Waals surface area contributed by atoms with E-state index in [2.05, 4.69) is 10.3 Å². The molecule has 0 aliphatic heterocycles. The third-order valence-corrected chi connectivity index (χ3v) is 4.35. The molecule has 0 atom stereocenters. The van der Waals surface area contributed by atoms with E-state index in [0.29, 0.717) is 27.8 Å². The van der Waals surface area contributed by atoms with Gasteiger partial charge in [-0.05, 0) is 12.1 Å². The van der Waals surface area contributed by atoms with Crippen molar-refractivity contribution in [2.75, 3.05) is 24.2 Å². The molecule has 0 radical (unpaired) electrons. The van der Waals surface area contributed by atoms with Gasteiger partial charge in [-0.3, -0.25) is 4.79 Å². The molecule has 0 aliphatic rings. The van der Waals surface area contributed by atoms with E-state index in [4.69, 9.17) is 10.8 Å². The van der Waals surface area contributed by atoms with Gasteiger partial charge in [0.1, 0.15) is 4.88 Å². The summed E-state index contributed by atoms with van der Waals surface area (Å²) in [7, 11) is 0. The number of aliphatic hydroxyl groups excluding tert-OH is 1. The number of aromatic nitrogens is 1. The molecule has 0 saturated carbocycles. The van der Waals surface area contributed by atoms with E-state index in [0.717, 1.165) is 11.3 Å². The van der Waals surface area contributed by atoms with Crippen LogP contribution in [0.5, 0.6) is 0 Å². The summed E-state index contributed by atoms with van der Waals surface area (Å²) in [6, 6.07) is 16.6. The maximum Gasteiger partial charge on any atom is 0.205 e. The molecule has 0 spiro atoms. The lowest BCUT2D eigenvalue weighted by molar-refractivity contribution is 0.104. The van der Waals surface area contributed by atoms with Crippen LogP contribution in [0.25, 0.3) is 11.3 Å². The zero-order chi connectivity index (χ0) is 16.9. The van der Waals surface area contributed by atoms with Crippen LogP contribution < -0.4 is 11.1 Å². The number of carbonyl (C=O) groups excluding carboxylic acids is 1. The third kappa shape index (κ3) is 3.45. The van der Waals surface area contributed by atoms with Crippen LogP contribution in [-0.2, 0) is 0 Å². The molecule has 5 nitrogen and oxygen atoms in total. The smallest absolute Gasteiger partial charge is 0.205 e. The summed E-state index contributed by atoms with van der Waals surface area (Å²) in [5.74, 6) is -0.0893. The molecule has 3 aromatic rings. The summed E-state index contributed by atoms with van der Waals surface area (Å²) in [5, 5.41) is 12.4. The summed E-state index contributed by atoms with van der Waals surface area (Å²) in [6.45, 7) is 0.504. The standard InChI is InChI=1S/C18H17N3O2S/c19-18-21-15(13-7-4-8-14(11-13)20-9-10-22)17(24-18)16(23)12-5-2-1-3-6-12/h1-8,11,20,22H,9-10H2,(H2,19,21). The first-order valence-electron chi connectivity index (χ1n) is 7.50. The average Bonchev–Trinajstić information content (AvgIpc) is 3.02. The molecule has 0 unspecified atom stereocenters. The third-order valence-electron chi connectivity index (χ3n) is 3.46. The Labute approximate surface area is 143 Å². The summed E-state index contributed by atoms with van der Waals surface area (Å²) >= 11 is 1.19. The topological polar surface area (TPSA) is 88.2 Å². The fourth-order valence-electron chi connectivity index (χ4n) is 2.38. The van der Waals surface area contributed by atoms with Gasteiger partial charge in [-0.25, -0.2) is 4.98 Å². The molecule has 2 aromatic carbocycles. The van der Waals surface area contributed by atoms with Crippen LogP contribution in [0.4, 0.5) is 10.8 Å². The lowest BCUT2D eigenvalue weighted by atomic mass is 10.0. The summed E-state index contributed by atoms with van der Waals surface area (Å²) in [4.78, 5) is 17.7. The molecule has 0 fully saturated rings. The number of nitrogens with zero attached hydrogens (tertiary/aromatic N) is 1. The van der Waals surface area contributed by atoms with Gasteiger partial charge in [0.2, 0.25) is 5.78 Å². The molecule has 24 heavy (non-hydrogen) atoms. The van der Waals surface area contributed by atoms with Gasteiger partial charge in [0.25, 0.3) is 0 Å². The molecule has 0 saturated heterocycles. The minimum absolute atomic E-state index is 0.0472. The predicted octanol–water partition coefficient (Wildman–Crippen LogP) is 3.03. The Kier molecular flexibility index (Phi) is 4.88. The number of hydrogen-bond acceptors (Lipinski definition) is 6. The van der Waals surface area contributed by atoms with Crippen molar-refractivity contribution in [3.8, 4) is 11.3 Å². The highest BCUT2D eigenvalue weighted by Gasteiger charge is 2.20. The number of thiazole rings is 1. The van der Waals surface area contributed by atoms with Crippen molar-refractivity contribution in [3.63, 3.8) is 0 Å². The molecule has 0 bridgehead atoms. The summed E-state index contributed by atoms with van der Waals surface area (Å²) < 4.78 is 0. The normalized spacial score (nSPS) is 10.5. The van der Waals surface area contributed by atoms with Gasteiger partial charge in [-0.15, -0.1) is 0 Å². The molecule has 122 valence electrons. The van der Waals surface area contributed by atoms with Gasteiger partial charge in [0.05, 0.1) is 12.3 Å². The number of aliphatic hydroxyl groups is 1. The van der Waals surface area contributed by atoms with E-state index in [1.165, 1.54) is 11.3 Å². The van der Waals surface area contributed by atoms with Gasteiger partial charge in [0, 0.05) is 23.4 Å². The monoisotopic (exact) mass is 339 g/mol. The Morgan fingerprint density at radius 2 is 1.96 bits per heavy atom. The number of nitrogen functional groups attached to an aromatic ring is 1. The lowest BCUT2D eigenvalue weighted by Crippen LogP contribution is -2.05. The minimum atomic E-state index is -0.0893. The van der Waals surface area contributed by atoms with Crippen LogP contribution >= 0.6 is 11.3 Å². The Morgan fingerprint density at radius 1 is 1.17 bits per heavy atom. The maximum atomic E-state index is 12.8. The van der Waals surface area contributed by atoms with E-state index in [-0.39, 0.29) is 12.4 Å². The van der Waals surface area contributed by atoms with Gasteiger partial charge in [0.15, 0.2) is 5.13 Å². The number of hydrogen-bond donors (Lipinski definition) is 3. The first-order chi connectivity index (χ1) is 11.7. The van der Waals surface area contributed by atoms with Crippen molar-refractivity contribution in [2.24, 2.45) is 0 Å². The second kappa shape index (κ2) is 7.25. The van der Waals surface area contributed by atoms with Gasteiger partial charge < -0.3 is 16.2 Å². The molecular weight excluding hydrogens is 322 g/mol. The largest absolute Gasteiger partial charge is 0.395 e. The summed E-state index contributed by atoms with van der Waals surface area (Å²) in [5.41, 5.74) is 8.71. The van der Waals surface area contributed by atoms with E-state index < -0.39 is 0 Å². The quantitative estimate of drug-likeness (QED) is 0.601. The first kappa shape index (κ1) is 16.2. The van der Waals surface area contributed by atoms with Gasteiger partial charge in [-0.2, -0.15) is 0 Å². The second-order valence-corrected chi connectivity index (χ2v) is 6.19. The van der Waals surface area contributed by atoms with E-state index in [1.807, 2.05) is 42.5 Å². The SMILES string of the molecule is Nc1nc(-c2cccc(NCCO)c2)c(C(=O)c2ccccc2)s1. The van der Waals surface area contributed by atoms with Crippen molar-refractivity contribution in [3.05, 3.63) is 65.0 Å². The summed E-state index contributed by atoms with van der Waals surface area (Å²) in [6.07, 6.45) is 0. The van der Waals surface area contributed by atoms with E-state index >= 15 is 0 Å². The number of ketones is 1. The number of nitrogens with two attached hydrogens (primary N) is 1. The Hall–Kier alpha value is -2.70. The van der Waals surface area contributed by atoms with Crippen molar-refractivity contribution >= 4 is 27.9 Å². The van der Waals surface area contributed by atoms with Crippen molar-refractivity contribution in [2.45, 2.75) is 0 Å². The van der Waals surface area contributed by atoms with Crippen LogP contribution in [0.1, 0.15) is 15.2 Å². The van der Waals surface area contributed by atoms with Crippen LogP contribution in [0.2, 0.25) is 0 Å². The Morgan fingerprint density at radius 3 is 2.71 bits per heavy atom. The maximum absolute atomic E-state index is 12.8. The predicted molar refractivity (Wildman–Crippen MR) is 97.4 cm³/mol. The zero-order valence-electron chi connectivity index (χ0n) is 12.9. The van der Waals surface area contributed by atoms with Gasteiger partial charge in [-0.1, -0.05) is 53.8 Å². The molecule has 0 aliphatic carbocycles. The van der Waals surface area contributed by atoms with Crippen LogP contribution in [0.15, 0.2) is 54.6 Å². The van der Waals surface area contributed by atoms with Crippen LogP contribution in [-0.4, -0.2) is 29.0 Å². The van der Waals surface area contributed by atoms with Crippen molar-refractivity contribution < 1.29 is 9.90 Å². The highest BCUT2D eigenvalue weighted by molar-refractivity contribution is 7.18.